The molecule has 0 amide bonds. The van der Waals surface area contributed by atoms with Crippen LogP contribution in [-0.2, 0) is 26.5 Å². The molecule has 0 atom stereocenters. The zero-order valence-corrected chi connectivity index (χ0v) is 35.8. The number of aromatic nitrogens is 3. The number of para-hydroxylation sites is 1. The molecule has 4 heterocycles. The first-order valence-corrected chi connectivity index (χ1v) is 19.1. The third-order valence-corrected chi connectivity index (χ3v) is 10.9. The van der Waals surface area contributed by atoms with Gasteiger partial charge in [-0.3, -0.25) is 4.98 Å². The maximum Gasteiger partial charge on any atom is 0.135 e. The molecule has 57 heavy (non-hydrogen) atoms. The zero-order chi connectivity index (χ0) is 38.9. The Bertz CT molecular complexity index is 2790. The van der Waals surface area contributed by atoms with Gasteiger partial charge in [0.25, 0.3) is 0 Å². The van der Waals surface area contributed by atoms with Crippen molar-refractivity contribution in [1.82, 2.24) is 14.5 Å². The molecule has 0 spiro atoms. The Labute approximate surface area is 350 Å². The molecular formula is C50H44N5OPt-3. The Kier molecular flexibility index (Phi) is 9.82. The van der Waals surface area contributed by atoms with Crippen molar-refractivity contribution in [2.24, 2.45) is 0 Å². The van der Waals surface area contributed by atoms with E-state index in [0.717, 1.165) is 50.4 Å². The summed E-state index contributed by atoms with van der Waals surface area (Å²) < 4.78 is 8.75. The molecule has 5 aromatic carbocycles. The van der Waals surface area contributed by atoms with E-state index in [2.05, 4.69) is 172 Å². The molecule has 1 aliphatic heterocycles. The summed E-state index contributed by atoms with van der Waals surface area (Å²) in [6.07, 6.45) is 5.67. The van der Waals surface area contributed by atoms with Gasteiger partial charge in [0.15, 0.2) is 0 Å². The van der Waals surface area contributed by atoms with Gasteiger partial charge in [-0.1, -0.05) is 62.2 Å². The van der Waals surface area contributed by atoms with E-state index in [9.17, 15) is 0 Å². The molecule has 0 aliphatic carbocycles. The zero-order valence-electron chi connectivity index (χ0n) is 33.5. The number of pyridine rings is 2. The van der Waals surface area contributed by atoms with Crippen LogP contribution in [0.1, 0.15) is 54.2 Å². The number of nitrogens with zero attached hydrogens (tertiary/aromatic N) is 5. The van der Waals surface area contributed by atoms with Gasteiger partial charge in [-0.2, -0.15) is 12.1 Å². The second kappa shape index (κ2) is 14.7. The number of hydrogen-bond acceptors (Lipinski definition) is 5. The summed E-state index contributed by atoms with van der Waals surface area (Å²) in [5.74, 6) is 2.05. The maximum atomic E-state index is 6.56. The maximum absolute atomic E-state index is 6.56. The number of ether oxygens (including phenoxy) is 1. The van der Waals surface area contributed by atoms with Crippen LogP contribution in [0.2, 0.25) is 0 Å². The molecule has 0 N–H and O–H groups in total. The molecule has 9 rings (SSSR count). The second-order valence-electron chi connectivity index (χ2n) is 16.0. The van der Waals surface area contributed by atoms with Gasteiger partial charge in [-0.05, 0) is 121 Å². The van der Waals surface area contributed by atoms with E-state index in [1.54, 1.807) is 0 Å². The molecule has 288 valence electrons. The molecular weight excluding hydrogens is 882 g/mol. The van der Waals surface area contributed by atoms with E-state index < -0.39 is 0 Å². The van der Waals surface area contributed by atoms with E-state index in [0.29, 0.717) is 11.5 Å². The number of anilines is 4. The molecule has 0 bridgehead atoms. The minimum atomic E-state index is -0.0154. The van der Waals surface area contributed by atoms with Crippen molar-refractivity contribution in [3.05, 3.63) is 168 Å². The van der Waals surface area contributed by atoms with E-state index in [4.69, 9.17) is 9.72 Å². The van der Waals surface area contributed by atoms with Gasteiger partial charge in [0.1, 0.15) is 5.82 Å². The third kappa shape index (κ3) is 6.80. The fourth-order valence-corrected chi connectivity index (χ4v) is 8.43. The molecule has 7 heteroatoms. The van der Waals surface area contributed by atoms with E-state index >= 15 is 0 Å². The summed E-state index contributed by atoms with van der Waals surface area (Å²) in [5.41, 5.74) is 16.0. The minimum absolute atomic E-state index is 0. The van der Waals surface area contributed by atoms with Crippen LogP contribution in [0.15, 0.2) is 116 Å². The van der Waals surface area contributed by atoms with Crippen LogP contribution in [0.4, 0.5) is 22.7 Å². The predicted molar refractivity (Wildman–Crippen MR) is 230 cm³/mol. The van der Waals surface area contributed by atoms with Crippen LogP contribution in [0, 0.1) is 53.4 Å². The summed E-state index contributed by atoms with van der Waals surface area (Å²) in [4.78, 5) is 13.8. The van der Waals surface area contributed by atoms with Gasteiger partial charge in [0, 0.05) is 61.8 Å². The van der Waals surface area contributed by atoms with E-state index in [1.807, 2.05) is 36.8 Å². The summed E-state index contributed by atoms with van der Waals surface area (Å²) >= 11 is 0. The van der Waals surface area contributed by atoms with Gasteiger partial charge in [-0.15, -0.1) is 48.1 Å². The van der Waals surface area contributed by atoms with E-state index in [1.165, 1.54) is 44.5 Å². The SMILES string of the molecule is Cc1cc(C)c(-c2cc(C)c(N3[CH-]N(c4[c-]c(Oc5[c-]c6c(cc5)c5ccccc5n6-c5cc(C(C)(C)C)ccn5)ccc4)c4ccncc43)c(C)c2)c(C)c1.[Pt]. The van der Waals surface area contributed by atoms with Gasteiger partial charge in [0.2, 0.25) is 0 Å². The van der Waals surface area contributed by atoms with Crippen molar-refractivity contribution >= 4 is 44.6 Å². The van der Waals surface area contributed by atoms with Crippen LogP contribution in [0.5, 0.6) is 11.5 Å². The van der Waals surface area contributed by atoms with Crippen molar-refractivity contribution in [1.29, 1.82) is 0 Å². The van der Waals surface area contributed by atoms with Gasteiger partial charge < -0.3 is 19.1 Å². The van der Waals surface area contributed by atoms with Crippen LogP contribution in [-0.4, -0.2) is 14.5 Å². The molecule has 0 saturated carbocycles. The molecule has 0 fully saturated rings. The van der Waals surface area contributed by atoms with Crippen LogP contribution in [0.25, 0.3) is 38.8 Å². The topological polar surface area (TPSA) is 46.4 Å². The van der Waals surface area contributed by atoms with Crippen molar-refractivity contribution < 1.29 is 25.8 Å². The molecule has 8 aromatic rings. The summed E-state index contributed by atoms with van der Waals surface area (Å²) in [6.45, 7) is 19.8. The number of rotatable bonds is 6. The minimum Gasteiger partial charge on any atom is -0.509 e. The first-order valence-electron chi connectivity index (χ1n) is 19.1. The number of hydrogen-bond donors (Lipinski definition) is 0. The quantitative estimate of drug-likeness (QED) is 0.156. The largest absolute Gasteiger partial charge is 0.509 e. The molecule has 0 saturated heterocycles. The number of benzene rings is 5. The monoisotopic (exact) mass is 925 g/mol. The first-order chi connectivity index (χ1) is 26.9. The second-order valence-corrected chi connectivity index (χ2v) is 16.0. The average molecular weight is 926 g/mol. The van der Waals surface area contributed by atoms with Crippen LogP contribution < -0.4 is 14.5 Å². The van der Waals surface area contributed by atoms with Crippen molar-refractivity contribution in [2.45, 2.75) is 60.8 Å². The molecule has 0 radical (unpaired) electrons. The fraction of sp³-hybridized carbons (Fsp3) is 0.180. The van der Waals surface area contributed by atoms with Crippen LogP contribution in [0.3, 0.4) is 0 Å². The Morgan fingerprint density at radius 3 is 2.16 bits per heavy atom. The Balaban J connectivity index is 0.00000455. The van der Waals surface area contributed by atoms with Gasteiger partial charge in [0.05, 0.1) is 11.9 Å². The molecule has 6 nitrogen and oxygen atoms in total. The first kappa shape index (κ1) is 38.2. The summed E-state index contributed by atoms with van der Waals surface area (Å²) in [6, 6.07) is 41.2. The summed E-state index contributed by atoms with van der Waals surface area (Å²) in [5, 5.41) is 2.23. The normalized spacial score (nSPS) is 12.6. The van der Waals surface area contributed by atoms with Crippen molar-refractivity contribution in [3.63, 3.8) is 0 Å². The van der Waals surface area contributed by atoms with Crippen LogP contribution >= 0.6 is 0 Å². The molecule has 3 aromatic heterocycles. The Morgan fingerprint density at radius 1 is 0.667 bits per heavy atom. The standard InChI is InChI=1S/C50H44N5O.Pt/c1-31-22-32(2)48(33(3)23-31)36-24-34(4)49(35(5)25-36)54-30-53(44-19-20-51-29-46(44)54)38-12-11-13-39(27-38)56-40-16-17-42-41-14-9-10-15-43(41)55(45(42)28-40)47-26-37(18-21-52-47)50(6,7)8;/h9-26,29-30H,1-8H3;/q-3;. The Morgan fingerprint density at radius 2 is 1.40 bits per heavy atom. The van der Waals surface area contributed by atoms with Crippen molar-refractivity contribution in [2.75, 3.05) is 9.80 Å². The number of fused-ring (bicyclic) bond motifs is 4. The number of aryl methyl sites for hydroxylation is 5. The van der Waals surface area contributed by atoms with E-state index in [-0.39, 0.29) is 26.5 Å². The Hall–Kier alpha value is -5.71. The fourth-order valence-electron chi connectivity index (χ4n) is 8.43. The third-order valence-electron chi connectivity index (χ3n) is 10.9. The predicted octanol–water partition coefficient (Wildman–Crippen LogP) is 12.9. The molecule has 1 aliphatic rings. The average Bonchev–Trinajstić information content (AvgIpc) is 3.70. The molecule has 0 unspecified atom stereocenters. The van der Waals surface area contributed by atoms with Gasteiger partial charge >= 0.3 is 0 Å². The summed E-state index contributed by atoms with van der Waals surface area (Å²) in [7, 11) is 0. The van der Waals surface area contributed by atoms with Crippen molar-refractivity contribution in [3.8, 4) is 28.4 Å². The smallest absolute Gasteiger partial charge is 0.135 e. The van der Waals surface area contributed by atoms with Gasteiger partial charge in [-0.25, -0.2) is 4.98 Å².